The van der Waals surface area contributed by atoms with Gasteiger partial charge in [-0.3, -0.25) is 14.1 Å². The lowest BCUT2D eigenvalue weighted by molar-refractivity contribution is 0.0663. The van der Waals surface area contributed by atoms with Gasteiger partial charge in [0.25, 0.3) is 21.6 Å². The average Bonchev–Trinajstić information content (AvgIpc) is 3.24. The summed E-state index contributed by atoms with van der Waals surface area (Å²) in [6, 6.07) is 5.31. The number of piperazine rings is 1. The molecule has 39 heavy (non-hydrogen) atoms. The van der Waals surface area contributed by atoms with Crippen LogP contribution in [0.2, 0.25) is 0 Å². The predicted octanol–water partition coefficient (Wildman–Crippen LogP) is 2.27. The van der Waals surface area contributed by atoms with Crippen LogP contribution in [0.4, 0.5) is 0 Å². The molecule has 1 saturated carbocycles. The second-order valence-corrected chi connectivity index (χ2v) is 11.7. The fraction of sp³-hybridized carbons (Fsp3) is 0.538. The standard InChI is InChI=1S/C25H32N6O3.CH4O3S/c1-29-11-13-31(14-12-29)25(33)17-9-10-18(19(15-17)34-3)22-26-23-20(24(32)27-22)21(28-30(23)2)16-7-5-4-6-8-16;1-5(2,3)4/h9-10,15-16H,4-8,11-14H2,1-3H3,(H,26,27,32);1H3,(H,2,3,4). The van der Waals surface area contributed by atoms with Crippen molar-refractivity contribution in [2.75, 3.05) is 46.6 Å². The zero-order valence-corrected chi connectivity index (χ0v) is 23.6. The highest BCUT2D eigenvalue weighted by Crippen LogP contribution is 2.35. The van der Waals surface area contributed by atoms with Gasteiger partial charge in [0.05, 0.1) is 24.6 Å². The number of hydrogen-bond donors (Lipinski definition) is 2. The van der Waals surface area contributed by atoms with Crippen molar-refractivity contribution in [3.05, 3.63) is 39.8 Å². The van der Waals surface area contributed by atoms with Crippen molar-refractivity contribution in [1.82, 2.24) is 29.5 Å². The van der Waals surface area contributed by atoms with Crippen LogP contribution < -0.4 is 10.3 Å². The zero-order valence-electron chi connectivity index (χ0n) is 22.8. The van der Waals surface area contributed by atoms with Crippen molar-refractivity contribution in [2.45, 2.75) is 38.0 Å². The van der Waals surface area contributed by atoms with E-state index in [1.54, 1.807) is 30.0 Å². The number of rotatable bonds is 4. The molecule has 0 unspecified atom stereocenters. The summed E-state index contributed by atoms with van der Waals surface area (Å²) in [5, 5.41) is 5.28. The lowest BCUT2D eigenvalue weighted by atomic mass is 9.86. The summed E-state index contributed by atoms with van der Waals surface area (Å²) in [6.07, 6.45) is 6.42. The van der Waals surface area contributed by atoms with Gasteiger partial charge in [-0.25, -0.2) is 9.67 Å². The molecule has 2 aromatic heterocycles. The first-order valence-electron chi connectivity index (χ1n) is 13.0. The summed E-state index contributed by atoms with van der Waals surface area (Å²) in [5.74, 6) is 1.20. The number of H-pyrrole nitrogens is 1. The van der Waals surface area contributed by atoms with E-state index in [1.165, 1.54) is 19.3 Å². The van der Waals surface area contributed by atoms with Crippen LogP contribution in [-0.4, -0.2) is 95.0 Å². The molecule has 1 aliphatic heterocycles. The van der Waals surface area contributed by atoms with Crippen LogP contribution in [0.5, 0.6) is 5.75 Å². The minimum Gasteiger partial charge on any atom is -0.496 e. The Balaban J connectivity index is 0.000000648. The van der Waals surface area contributed by atoms with Gasteiger partial charge in [-0.1, -0.05) is 19.3 Å². The van der Waals surface area contributed by atoms with Crippen molar-refractivity contribution in [3.63, 3.8) is 0 Å². The fourth-order valence-corrected chi connectivity index (χ4v) is 5.19. The number of hydrogen-bond acceptors (Lipinski definition) is 8. The number of carbonyl (C=O) groups excluding carboxylic acids is 1. The third-order valence-electron chi connectivity index (χ3n) is 7.21. The normalized spacial score (nSPS) is 17.1. The highest BCUT2D eigenvalue weighted by molar-refractivity contribution is 7.85. The minimum atomic E-state index is -3.67. The van der Waals surface area contributed by atoms with Gasteiger partial charge in [-0.15, -0.1) is 0 Å². The number of methoxy groups -OCH3 is 1. The first kappa shape index (κ1) is 28.7. The summed E-state index contributed by atoms with van der Waals surface area (Å²) in [7, 11) is 1.79. The van der Waals surface area contributed by atoms with E-state index in [-0.39, 0.29) is 11.5 Å². The van der Waals surface area contributed by atoms with Crippen molar-refractivity contribution >= 4 is 27.1 Å². The van der Waals surface area contributed by atoms with Crippen LogP contribution in [0.25, 0.3) is 22.4 Å². The van der Waals surface area contributed by atoms with E-state index >= 15 is 0 Å². The number of fused-ring (bicyclic) bond motifs is 1. The Labute approximate surface area is 227 Å². The number of ether oxygens (including phenoxy) is 1. The second kappa shape index (κ2) is 11.8. The Bertz CT molecular complexity index is 1490. The molecule has 2 N–H and O–H groups in total. The van der Waals surface area contributed by atoms with Gasteiger partial charge in [0.1, 0.15) is 17.0 Å². The largest absolute Gasteiger partial charge is 0.496 e. The molecule has 13 heteroatoms. The van der Waals surface area contributed by atoms with Crippen LogP contribution >= 0.6 is 0 Å². The molecule has 1 aromatic carbocycles. The third-order valence-corrected chi connectivity index (χ3v) is 7.21. The molecule has 3 aromatic rings. The van der Waals surface area contributed by atoms with Crippen molar-refractivity contribution in [1.29, 1.82) is 0 Å². The molecule has 5 rings (SSSR count). The molecule has 0 atom stereocenters. The lowest BCUT2D eigenvalue weighted by Gasteiger charge is -2.32. The minimum absolute atomic E-state index is 0.0152. The van der Waals surface area contributed by atoms with Crippen molar-refractivity contribution < 1.29 is 22.5 Å². The first-order valence-corrected chi connectivity index (χ1v) is 14.9. The summed E-state index contributed by atoms with van der Waals surface area (Å²) in [6.45, 7) is 3.13. The van der Waals surface area contributed by atoms with Crippen molar-refractivity contribution in [2.24, 2.45) is 7.05 Å². The van der Waals surface area contributed by atoms with Crippen LogP contribution in [-0.2, 0) is 17.2 Å². The molecule has 1 amide bonds. The van der Waals surface area contributed by atoms with Gasteiger partial charge >= 0.3 is 0 Å². The summed E-state index contributed by atoms with van der Waals surface area (Å²) in [4.78, 5) is 38.0. The maximum Gasteiger partial charge on any atom is 0.262 e. The van der Waals surface area contributed by atoms with Crippen LogP contribution in [0, 0.1) is 0 Å². The number of nitrogens with one attached hydrogen (secondary N) is 1. The van der Waals surface area contributed by atoms with Gasteiger partial charge in [0.2, 0.25) is 0 Å². The zero-order chi connectivity index (χ0) is 28.3. The number of aryl methyl sites for hydroxylation is 1. The maximum atomic E-state index is 13.2. The lowest BCUT2D eigenvalue weighted by Crippen LogP contribution is -2.47. The molecule has 0 bridgehead atoms. The number of aromatic amines is 1. The van der Waals surface area contributed by atoms with E-state index in [9.17, 15) is 18.0 Å². The van der Waals surface area contributed by atoms with Gasteiger partial charge < -0.3 is 19.5 Å². The number of benzene rings is 1. The molecule has 0 radical (unpaired) electrons. The number of nitrogens with zero attached hydrogens (tertiary/aromatic N) is 5. The summed E-state index contributed by atoms with van der Waals surface area (Å²) >= 11 is 0. The second-order valence-electron chi connectivity index (χ2n) is 10.2. The average molecular weight is 561 g/mol. The smallest absolute Gasteiger partial charge is 0.262 e. The highest BCUT2D eigenvalue weighted by Gasteiger charge is 2.26. The molecular formula is C26H36N6O6S. The molecule has 2 fully saturated rings. The van der Waals surface area contributed by atoms with Crippen LogP contribution in [0.3, 0.4) is 0 Å². The molecule has 12 nitrogen and oxygen atoms in total. The molecule has 1 aliphatic carbocycles. The molecule has 2 aliphatic rings. The van der Waals surface area contributed by atoms with Crippen LogP contribution in [0.1, 0.15) is 54.1 Å². The van der Waals surface area contributed by atoms with Gasteiger partial charge in [0, 0.05) is 44.7 Å². The van der Waals surface area contributed by atoms with Gasteiger partial charge in [-0.2, -0.15) is 13.5 Å². The van der Waals surface area contributed by atoms with Crippen LogP contribution in [0.15, 0.2) is 23.0 Å². The van der Waals surface area contributed by atoms with Gasteiger partial charge in [0.15, 0.2) is 5.65 Å². The molecule has 3 heterocycles. The quantitative estimate of drug-likeness (QED) is 0.458. The topological polar surface area (TPSA) is 151 Å². The maximum absolute atomic E-state index is 13.2. The van der Waals surface area contributed by atoms with E-state index in [0.717, 1.165) is 31.6 Å². The first-order chi connectivity index (χ1) is 18.5. The summed E-state index contributed by atoms with van der Waals surface area (Å²) in [5.41, 5.74) is 2.44. The number of aromatic nitrogens is 4. The predicted molar refractivity (Wildman–Crippen MR) is 148 cm³/mol. The Kier molecular flexibility index (Phi) is 8.72. The van der Waals surface area contributed by atoms with Crippen molar-refractivity contribution in [3.8, 4) is 17.1 Å². The van der Waals surface area contributed by atoms with E-state index in [2.05, 4.69) is 16.9 Å². The monoisotopic (exact) mass is 560 g/mol. The Morgan fingerprint density at radius 1 is 1.10 bits per heavy atom. The highest BCUT2D eigenvalue weighted by atomic mass is 32.2. The van der Waals surface area contributed by atoms with E-state index in [4.69, 9.17) is 19.4 Å². The number of likely N-dealkylation sites (N-methyl/N-ethyl adjacent to an activating group) is 1. The fourth-order valence-electron chi connectivity index (χ4n) is 5.19. The van der Waals surface area contributed by atoms with E-state index in [0.29, 0.717) is 59.0 Å². The number of carbonyl (C=O) groups is 1. The van der Waals surface area contributed by atoms with Gasteiger partial charge in [-0.05, 0) is 38.1 Å². The Morgan fingerprint density at radius 2 is 1.74 bits per heavy atom. The molecule has 1 saturated heterocycles. The molecule has 212 valence electrons. The van der Waals surface area contributed by atoms with E-state index in [1.807, 2.05) is 11.9 Å². The SMILES string of the molecule is COc1cc(C(=O)N2CCN(C)CC2)ccc1-c1nc2c(c(C3CCCCC3)nn2C)c(=O)[nH]1.CS(=O)(=O)O. The molecule has 0 spiro atoms. The Morgan fingerprint density at radius 3 is 2.36 bits per heavy atom. The molecular weight excluding hydrogens is 524 g/mol. The summed E-state index contributed by atoms with van der Waals surface area (Å²) < 4.78 is 33.2. The number of amides is 1. The third kappa shape index (κ3) is 6.84. The van der Waals surface area contributed by atoms with E-state index < -0.39 is 10.1 Å². The Hall–Kier alpha value is -3.29.